The molecule has 1 rings (SSSR count). The highest BCUT2D eigenvalue weighted by molar-refractivity contribution is 8.00. The first-order valence-corrected chi connectivity index (χ1v) is 7.67. The summed E-state index contributed by atoms with van der Waals surface area (Å²) in [6.45, 7) is 8.22. The second-order valence-electron chi connectivity index (χ2n) is 4.80. The highest BCUT2D eigenvalue weighted by Gasteiger charge is 2.23. The van der Waals surface area contributed by atoms with Crippen molar-refractivity contribution in [1.29, 1.82) is 0 Å². The molecule has 0 aromatic heterocycles. The van der Waals surface area contributed by atoms with E-state index in [1.54, 1.807) is 0 Å². The van der Waals surface area contributed by atoms with Crippen LogP contribution in [-0.4, -0.2) is 23.6 Å². The summed E-state index contributed by atoms with van der Waals surface area (Å²) in [4.78, 5) is 0. The largest absolute Gasteiger partial charge is 0.313 e. The number of nitrogens with one attached hydrogen (secondary N) is 1. The van der Waals surface area contributed by atoms with Gasteiger partial charge in [-0.2, -0.15) is 11.8 Å². The number of unbranched alkanes of at least 4 members (excludes halogenated alkanes) is 1. The number of hydrogen-bond acceptors (Lipinski definition) is 2. The Labute approximate surface area is 99.8 Å². The van der Waals surface area contributed by atoms with Crippen molar-refractivity contribution in [3.63, 3.8) is 0 Å². The molecule has 0 aromatic rings. The summed E-state index contributed by atoms with van der Waals surface area (Å²) < 4.78 is 0. The molecule has 1 aliphatic heterocycles. The molecule has 0 aromatic carbocycles. The van der Waals surface area contributed by atoms with Crippen LogP contribution in [0.25, 0.3) is 0 Å². The molecule has 90 valence electrons. The fourth-order valence-electron chi connectivity index (χ4n) is 2.26. The molecular weight excluding hydrogens is 202 g/mol. The van der Waals surface area contributed by atoms with Crippen molar-refractivity contribution in [2.24, 2.45) is 5.92 Å². The second kappa shape index (κ2) is 7.56. The van der Waals surface area contributed by atoms with Crippen molar-refractivity contribution in [2.75, 3.05) is 12.3 Å². The lowest BCUT2D eigenvalue weighted by Crippen LogP contribution is -2.36. The lowest BCUT2D eigenvalue weighted by atomic mass is 9.98. The van der Waals surface area contributed by atoms with Gasteiger partial charge in [-0.1, -0.05) is 40.0 Å². The molecule has 0 bridgehead atoms. The maximum absolute atomic E-state index is 3.77. The highest BCUT2D eigenvalue weighted by atomic mass is 32.2. The third-order valence-corrected chi connectivity index (χ3v) is 4.91. The molecule has 0 radical (unpaired) electrons. The van der Waals surface area contributed by atoms with Crippen LogP contribution < -0.4 is 5.32 Å². The molecule has 1 fully saturated rings. The smallest absolute Gasteiger partial charge is 0.0191 e. The number of thioether (sulfide) groups is 1. The average Bonchev–Trinajstić information content (AvgIpc) is 2.65. The molecule has 1 saturated heterocycles. The number of rotatable bonds is 7. The molecule has 3 atom stereocenters. The SMILES string of the molecule is CCCCC(CC)CNC1CCSC1C. The van der Waals surface area contributed by atoms with E-state index in [1.165, 1.54) is 44.4 Å². The van der Waals surface area contributed by atoms with E-state index in [9.17, 15) is 0 Å². The van der Waals surface area contributed by atoms with Crippen molar-refractivity contribution < 1.29 is 0 Å². The van der Waals surface area contributed by atoms with E-state index < -0.39 is 0 Å². The molecule has 1 heterocycles. The predicted octanol–water partition coefficient (Wildman–Crippen LogP) is 3.69. The van der Waals surface area contributed by atoms with Crippen LogP contribution in [-0.2, 0) is 0 Å². The zero-order chi connectivity index (χ0) is 11.1. The topological polar surface area (TPSA) is 12.0 Å². The van der Waals surface area contributed by atoms with Gasteiger partial charge < -0.3 is 5.32 Å². The molecule has 15 heavy (non-hydrogen) atoms. The zero-order valence-electron chi connectivity index (χ0n) is 10.6. The fraction of sp³-hybridized carbons (Fsp3) is 1.00. The van der Waals surface area contributed by atoms with Gasteiger partial charge in [0.15, 0.2) is 0 Å². The molecule has 2 heteroatoms. The zero-order valence-corrected chi connectivity index (χ0v) is 11.4. The van der Waals surface area contributed by atoms with Crippen molar-refractivity contribution >= 4 is 11.8 Å². The van der Waals surface area contributed by atoms with Crippen molar-refractivity contribution in [3.05, 3.63) is 0 Å². The van der Waals surface area contributed by atoms with Gasteiger partial charge in [0.1, 0.15) is 0 Å². The van der Waals surface area contributed by atoms with Gasteiger partial charge in [0.2, 0.25) is 0 Å². The first-order chi connectivity index (χ1) is 7.27. The quantitative estimate of drug-likeness (QED) is 0.714. The second-order valence-corrected chi connectivity index (χ2v) is 6.28. The summed E-state index contributed by atoms with van der Waals surface area (Å²) in [5.74, 6) is 2.26. The molecule has 3 unspecified atom stereocenters. The average molecular weight is 229 g/mol. The van der Waals surface area contributed by atoms with Crippen molar-refractivity contribution in [1.82, 2.24) is 5.32 Å². The number of hydrogen-bond donors (Lipinski definition) is 1. The van der Waals surface area contributed by atoms with Crippen LogP contribution in [0.1, 0.15) is 52.9 Å². The van der Waals surface area contributed by atoms with Crippen LogP contribution in [0.5, 0.6) is 0 Å². The molecule has 1 N–H and O–H groups in total. The Kier molecular flexibility index (Phi) is 6.74. The van der Waals surface area contributed by atoms with Gasteiger partial charge in [0.25, 0.3) is 0 Å². The molecule has 1 aliphatic rings. The minimum absolute atomic E-state index is 0.783. The standard InChI is InChI=1S/C13H27NS/c1-4-6-7-12(5-2)10-14-13-8-9-15-11(13)3/h11-14H,4-10H2,1-3H3. The Morgan fingerprint density at radius 3 is 2.73 bits per heavy atom. The van der Waals surface area contributed by atoms with Gasteiger partial charge in [-0.25, -0.2) is 0 Å². The van der Waals surface area contributed by atoms with E-state index in [0.717, 1.165) is 17.2 Å². The van der Waals surface area contributed by atoms with Crippen LogP contribution in [0.3, 0.4) is 0 Å². The molecular formula is C13H27NS. The van der Waals surface area contributed by atoms with Crippen molar-refractivity contribution in [2.45, 2.75) is 64.2 Å². The van der Waals surface area contributed by atoms with E-state index in [-0.39, 0.29) is 0 Å². The van der Waals surface area contributed by atoms with Crippen LogP contribution in [0, 0.1) is 5.92 Å². The van der Waals surface area contributed by atoms with Gasteiger partial charge in [-0.05, 0) is 31.1 Å². The minimum atomic E-state index is 0.783. The summed E-state index contributed by atoms with van der Waals surface area (Å²) >= 11 is 2.12. The molecule has 0 aliphatic carbocycles. The Morgan fingerprint density at radius 2 is 2.20 bits per heavy atom. The first kappa shape index (κ1) is 13.4. The van der Waals surface area contributed by atoms with Gasteiger partial charge >= 0.3 is 0 Å². The molecule has 0 spiro atoms. The maximum Gasteiger partial charge on any atom is 0.0191 e. The third kappa shape index (κ3) is 4.78. The normalized spacial score (nSPS) is 28.2. The summed E-state index contributed by atoms with van der Waals surface area (Å²) in [5.41, 5.74) is 0. The monoisotopic (exact) mass is 229 g/mol. The van der Waals surface area contributed by atoms with E-state index in [2.05, 4.69) is 37.8 Å². The van der Waals surface area contributed by atoms with Gasteiger partial charge in [0, 0.05) is 11.3 Å². The van der Waals surface area contributed by atoms with Gasteiger partial charge in [0.05, 0.1) is 0 Å². The minimum Gasteiger partial charge on any atom is -0.313 e. The van der Waals surface area contributed by atoms with Crippen LogP contribution in [0.4, 0.5) is 0 Å². The van der Waals surface area contributed by atoms with Crippen LogP contribution in [0.15, 0.2) is 0 Å². The maximum atomic E-state index is 3.77. The Morgan fingerprint density at radius 1 is 1.40 bits per heavy atom. The summed E-state index contributed by atoms with van der Waals surface area (Å²) in [5, 5.41) is 4.60. The van der Waals surface area contributed by atoms with Crippen LogP contribution in [0.2, 0.25) is 0 Å². The first-order valence-electron chi connectivity index (χ1n) is 6.62. The van der Waals surface area contributed by atoms with Gasteiger partial charge in [-0.15, -0.1) is 0 Å². The third-order valence-electron chi connectivity index (χ3n) is 3.59. The van der Waals surface area contributed by atoms with E-state index in [0.29, 0.717) is 0 Å². The summed E-state index contributed by atoms with van der Waals surface area (Å²) in [6, 6.07) is 0.783. The predicted molar refractivity (Wildman–Crippen MR) is 71.6 cm³/mol. The van der Waals surface area contributed by atoms with Crippen LogP contribution >= 0.6 is 11.8 Å². The van der Waals surface area contributed by atoms with Crippen molar-refractivity contribution in [3.8, 4) is 0 Å². The fourth-order valence-corrected chi connectivity index (χ4v) is 3.49. The lowest BCUT2D eigenvalue weighted by molar-refractivity contribution is 0.386. The molecule has 0 amide bonds. The van der Waals surface area contributed by atoms with E-state index >= 15 is 0 Å². The summed E-state index contributed by atoms with van der Waals surface area (Å²) in [7, 11) is 0. The van der Waals surface area contributed by atoms with E-state index in [1.807, 2.05) is 0 Å². The van der Waals surface area contributed by atoms with Gasteiger partial charge in [-0.3, -0.25) is 0 Å². The summed E-state index contributed by atoms with van der Waals surface area (Å²) in [6.07, 6.45) is 6.85. The molecule has 0 saturated carbocycles. The molecule has 1 nitrogen and oxygen atoms in total. The Bertz CT molecular complexity index is 161. The highest BCUT2D eigenvalue weighted by Crippen LogP contribution is 2.26. The lowest BCUT2D eigenvalue weighted by Gasteiger charge is -2.21. The van der Waals surface area contributed by atoms with E-state index in [4.69, 9.17) is 0 Å². The Balaban J connectivity index is 2.15. The Hall–Kier alpha value is 0.310.